The highest BCUT2D eigenvalue weighted by molar-refractivity contribution is 5.92. The Kier molecular flexibility index (Phi) is 8.45. The number of carbonyl (C=O) groups excluding carboxylic acids is 1. The van der Waals surface area contributed by atoms with Gasteiger partial charge in [-0.15, -0.1) is 0 Å². The van der Waals surface area contributed by atoms with Crippen molar-refractivity contribution < 1.29 is 29.3 Å². The van der Waals surface area contributed by atoms with Gasteiger partial charge in [0.1, 0.15) is 17.1 Å². The van der Waals surface area contributed by atoms with Gasteiger partial charge in [-0.25, -0.2) is 9.59 Å². The third kappa shape index (κ3) is 7.31. The van der Waals surface area contributed by atoms with Gasteiger partial charge in [0.15, 0.2) is 0 Å². The lowest BCUT2D eigenvalue weighted by atomic mass is 10.2. The molecule has 0 atom stereocenters. The Morgan fingerprint density at radius 2 is 1.62 bits per heavy atom. The predicted molar refractivity (Wildman–Crippen MR) is 88.4 cm³/mol. The minimum Gasteiger partial charge on any atom is -0.507 e. The van der Waals surface area contributed by atoms with Gasteiger partial charge in [0.2, 0.25) is 0 Å². The SMILES string of the molecule is CCCCOC(=O)c1ccccc1O.O=C(O)Oc1ccccc1. The minimum atomic E-state index is -1.29. The first kappa shape index (κ1) is 19.0. The summed E-state index contributed by atoms with van der Waals surface area (Å²) >= 11 is 0. The standard InChI is InChI=1S/C11H14O3.C7H6O3/c1-2-3-8-14-11(13)9-6-4-5-7-10(9)12;8-7(9)10-6-4-2-1-3-5-6/h4-7,12H,2-3,8H2,1H3;1-5H,(H,8,9). The van der Waals surface area contributed by atoms with E-state index in [4.69, 9.17) is 9.84 Å². The summed E-state index contributed by atoms with van der Waals surface area (Å²) in [5.41, 5.74) is 0.226. The number of esters is 1. The molecule has 6 nitrogen and oxygen atoms in total. The van der Waals surface area contributed by atoms with Gasteiger partial charge in [-0.05, 0) is 30.7 Å². The summed E-state index contributed by atoms with van der Waals surface area (Å²) in [7, 11) is 0. The van der Waals surface area contributed by atoms with Crippen LogP contribution in [0.25, 0.3) is 0 Å². The Labute approximate surface area is 140 Å². The van der Waals surface area contributed by atoms with Gasteiger partial charge in [-0.2, -0.15) is 0 Å². The van der Waals surface area contributed by atoms with Crippen LogP contribution in [0, 0.1) is 0 Å². The van der Waals surface area contributed by atoms with Gasteiger partial charge in [0.05, 0.1) is 6.61 Å². The van der Waals surface area contributed by atoms with Gasteiger partial charge in [-0.1, -0.05) is 43.7 Å². The van der Waals surface area contributed by atoms with Crippen LogP contribution in [-0.2, 0) is 4.74 Å². The first-order valence-electron chi connectivity index (χ1n) is 7.45. The third-order valence-corrected chi connectivity index (χ3v) is 2.80. The van der Waals surface area contributed by atoms with E-state index in [0.29, 0.717) is 12.4 Å². The number of carboxylic acid groups (broad SMARTS) is 1. The first-order valence-corrected chi connectivity index (χ1v) is 7.45. The molecule has 0 heterocycles. The van der Waals surface area contributed by atoms with E-state index in [1.54, 1.807) is 48.5 Å². The average Bonchev–Trinajstić information content (AvgIpc) is 2.56. The number of benzene rings is 2. The van der Waals surface area contributed by atoms with Crippen LogP contribution in [0.3, 0.4) is 0 Å². The molecule has 2 N–H and O–H groups in total. The number of unbranched alkanes of at least 4 members (excludes halogenated alkanes) is 1. The van der Waals surface area contributed by atoms with Gasteiger partial charge < -0.3 is 19.7 Å². The average molecular weight is 332 g/mol. The monoisotopic (exact) mass is 332 g/mol. The smallest absolute Gasteiger partial charge is 0.507 e. The van der Waals surface area contributed by atoms with Crippen LogP contribution in [-0.4, -0.2) is 28.9 Å². The predicted octanol–water partition coefficient (Wildman–Crippen LogP) is 4.09. The molecule has 0 aliphatic rings. The molecule has 0 unspecified atom stereocenters. The fourth-order valence-electron chi connectivity index (χ4n) is 1.62. The van der Waals surface area contributed by atoms with Crippen LogP contribution in [0.15, 0.2) is 54.6 Å². The molecule has 2 aromatic carbocycles. The largest absolute Gasteiger partial charge is 0.511 e. The summed E-state index contributed by atoms with van der Waals surface area (Å²) in [6, 6.07) is 14.7. The first-order chi connectivity index (χ1) is 11.5. The van der Waals surface area contributed by atoms with Crippen molar-refractivity contribution in [2.45, 2.75) is 19.8 Å². The zero-order chi connectivity index (χ0) is 17.8. The number of hydrogen-bond donors (Lipinski definition) is 2. The summed E-state index contributed by atoms with van der Waals surface area (Å²) < 4.78 is 9.28. The molecule has 0 radical (unpaired) electrons. The van der Waals surface area contributed by atoms with E-state index in [1.807, 2.05) is 6.92 Å². The van der Waals surface area contributed by atoms with Crippen molar-refractivity contribution in [3.05, 3.63) is 60.2 Å². The maximum Gasteiger partial charge on any atom is 0.511 e. The van der Waals surface area contributed by atoms with E-state index in [-0.39, 0.29) is 11.3 Å². The van der Waals surface area contributed by atoms with E-state index in [2.05, 4.69) is 4.74 Å². The highest BCUT2D eigenvalue weighted by Gasteiger charge is 2.10. The Morgan fingerprint density at radius 3 is 2.21 bits per heavy atom. The molecule has 2 rings (SSSR count). The number of hydrogen-bond acceptors (Lipinski definition) is 5. The lowest BCUT2D eigenvalue weighted by Crippen LogP contribution is -2.06. The van der Waals surface area contributed by atoms with Gasteiger partial charge in [-0.3, -0.25) is 0 Å². The summed E-state index contributed by atoms with van der Waals surface area (Å²) in [6.07, 6.45) is 0.541. The highest BCUT2D eigenvalue weighted by Crippen LogP contribution is 2.16. The lowest BCUT2D eigenvalue weighted by molar-refractivity contribution is 0.0496. The molecule has 0 aliphatic heterocycles. The summed E-state index contributed by atoms with van der Waals surface area (Å²) in [6.45, 7) is 2.43. The fourth-order valence-corrected chi connectivity index (χ4v) is 1.62. The van der Waals surface area contributed by atoms with E-state index < -0.39 is 12.1 Å². The zero-order valence-corrected chi connectivity index (χ0v) is 13.3. The molecule has 0 fully saturated rings. The Bertz CT molecular complexity index is 639. The molecule has 0 aromatic heterocycles. The molecular weight excluding hydrogens is 312 g/mol. The number of carbonyl (C=O) groups is 2. The molecule has 0 spiro atoms. The summed E-state index contributed by atoms with van der Waals surface area (Å²) in [4.78, 5) is 21.3. The third-order valence-electron chi connectivity index (χ3n) is 2.80. The quantitative estimate of drug-likeness (QED) is 0.486. The van der Waals surface area contributed by atoms with Crippen molar-refractivity contribution >= 4 is 12.1 Å². The molecule has 6 heteroatoms. The van der Waals surface area contributed by atoms with Crippen LogP contribution >= 0.6 is 0 Å². The summed E-state index contributed by atoms with van der Waals surface area (Å²) in [5, 5.41) is 17.5. The molecule has 0 saturated heterocycles. The van der Waals surface area contributed by atoms with Crippen molar-refractivity contribution in [3.63, 3.8) is 0 Å². The highest BCUT2D eigenvalue weighted by atomic mass is 16.7. The topological polar surface area (TPSA) is 93.1 Å². The molecule has 0 amide bonds. The second-order valence-electron chi connectivity index (χ2n) is 4.69. The molecule has 0 aliphatic carbocycles. The van der Waals surface area contributed by atoms with Crippen molar-refractivity contribution in [1.29, 1.82) is 0 Å². The maximum atomic E-state index is 11.4. The van der Waals surface area contributed by atoms with Crippen LogP contribution in [0.1, 0.15) is 30.1 Å². The molecule has 0 bridgehead atoms. The zero-order valence-electron chi connectivity index (χ0n) is 13.3. The molecular formula is C18H20O6. The van der Waals surface area contributed by atoms with Gasteiger partial charge >= 0.3 is 12.1 Å². The van der Waals surface area contributed by atoms with Crippen molar-refractivity contribution in [2.24, 2.45) is 0 Å². The van der Waals surface area contributed by atoms with E-state index in [0.717, 1.165) is 12.8 Å². The van der Waals surface area contributed by atoms with Crippen LogP contribution < -0.4 is 4.74 Å². The van der Waals surface area contributed by atoms with Gasteiger partial charge in [0, 0.05) is 0 Å². The number of para-hydroxylation sites is 2. The van der Waals surface area contributed by atoms with E-state index in [1.165, 1.54) is 6.07 Å². The maximum absolute atomic E-state index is 11.4. The molecule has 2 aromatic rings. The number of rotatable bonds is 5. The Morgan fingerprint density at radius 1 is 1.00 bits per heavy atom. The number of phenolic OH excluding ortho intramolecular Hbond substituents is 1. The van der Waals surface area contributed by atoms with Crippen LogP contribution in [0.2, 0.25) is 0 Å². The normalized spacial score (nSPS) is 9.38. The van der Waals surface area contributed by atoms with Crippen LogP contribution in [0.4, 0.5) is 4.79 Å². The summed E-state index contributed by atoms with van der Waals surface area (Å²) in [5.74, 6) is -0.152. The van der Waals surface area contributed by atoms with Crippen molar-refractivity contribution in [2.75, 3.05) is 6.61 Å². The van der Waals surface area contributed by atoms with E-state index in [9.17, 15) is 14.7 Å². The second-order valence-corrected chi connectivity index (χ2v) is 4.69. The van der Waals surface area contributed by atoms with Crippen molar-refractivity contribution in [1.82, 2.24) is 0 Å². The number of ether oxygens (including phenoxy) is 2. The Balaban J connectivity index is 0.000000254. The molecule has 24 heavy (non-hydrogen) atoms. The minimum absolute atomic E-state index is 0.0333. The molecule has 128 valence electrons. The fraction of sp³-hybridized carbons (Fsp3) is 0.222. The van der Waals surface area contributed by atoms with Crippen LogP contribution in [0.5, 0.6) is 11.5 Å². The second kappa shape index (κ2) is 10.7. The van der Waals surface area contributed by atoms with Gasteiger partial charge in [0.25, 0.3) is 0 Å². The lowest BCUT2D eigenvalue weighted by Gasteiger charge is -2.04. The van der Waals surface area contributed by atoms with E-state index >= 15 is 0 Å². The number of aromatic hydroxyl groups is 1. The number of phenols is 1. The molecule has 0 saturated carbocycles. The Hall–Kier alpha value is -3.02. The van der Waals surface area contributed by atoms with Crippen molar-refractivity contribution in [3.8, 4) is 11.5 Å².